The van der Waals surface area contributed by atoms with E-state index in [-0.39, 0.29) is 5.91 Å². The van der Waals surface area contributed by atoms with E-state index in [4.69, 9.17) is 11.6 Å². The predicted octanol–water partition coefficient (Wildman–Crippen LogP) is 2.80. The summed E-state index contributed by atoms with van der Waals surface area (Å²) in [5.74, 6) is -0.0614. The minimum Gasteiger partial charge on any atom is -0.369 e. The second-order valence-electron chi connectivity index (χ2n) is 5.99. The van der Waals surface area contributed by atoms with Gasteiger partial charge >= 0.3 is 0 Å². The van der Waals surface area contributed by atoms with Crippen LogP contribution in [-0.4, -0.2) is 48.5 Å². The Morgan fingerprint density at radius 1 is 1.17 bits per heavy atom. The molecule has 1 N–H and O–H groups in total. The van der Waals surface area contributed by atoms with E-state index >= 15 is 0 Å². The molecule has 2 heterocycles. The van der Waals surface area contributed by atoms with E-state index in [1.165, 1.54) is 11.3 Å². The van der Waals surface area contributed by atoms with Gasteiger partial charge < -0.3 is 10.2 Å². The van der Waals surface area contributed by atoms with Crippen LogP contribution in [-0.2, 0) is 4.79 Å². The predicted molar refractivity (Wildman–Crippen MR) is 97.7 cm³/mol. The van der Waals surface area contributed by atoms with Crippen LogP contribution in [0.25, 0.3) is 0 Å². The number of nitrogens with one attached hydrogen (secondary N) is 1. The summed E-state index contributed by atoms with van der Waals surface area (Å²) in [5, 5.41) is 3.13. The van der Waals surface area contributed by atoms with Gasteiger partial charge in [-0.05, 0) is 31.2 Å². The average molecular weight is 345 g/mol. The van der Waals surface area contributed by atoms with Gasteiger partial charge in [-0.1, -0.05) is 29.3 Å². The van der Waals surface area contributed by atoms with Crippen molar-refractivity contribution >= 4 is 28.9 Å². The molecule has 1 saturated heterocycles. The van der Waals surface area contributed by atoms with Crippen LogP contribution < -0.4 is 10.2 Å². The molecule has 0 atom stereocenters. The third kappa shape index (κ3) is 4.24. The van der Waals surface area contributed by atoms with Crippen LogP contribution >= 0.6 is 11.6 Å². The van der Waals surface area contributed by atoms with Crippen molar-refractivity contribution in [2.75, 3.05) is 42.9 Å². The summed E-state index contributed by atoms with van der Waals surface area (Å²) < 4.78 is 0. The molecular formula is C18H21ClN4O. The summed E-state index contributed by atoms with van der Waals surface area (Å²) in [6.45, 7) is 6.03. The van der Waals surface area contributed by atoms with Gasteiger partial charge in [-0.25, -0.2) is 4.98 Å². The molecule has 3 rings (SSSR count). The number of piperazine rings is 1. The Balaban J connectivity index is 1.49. The van der Waals surface area contributed by atoms with Gasteiger partial charge in [0.25, 0.3) is 0 Å². The maximum Gasteiger partial charge on any atom is 0.238 e. The molecule has 0 radical (unpaired) electrons. The molecule has 2 aromatic rings. The van der Waals surface area contributed by atoms with Gasteiger partial charge in [-0.2, -0.15) is 0 Å². The minimum absolute atomic E-state index is 0.0614. The number of hydrogen-bond acceptors (Lipinski definition) is 4. The van der Waals surface area contributed by atoms with Crippen molar-refractivity contribution in [1.82, 2.24) is 9.88 Å². The Labute approximate surface area is 147 Å². The molecule has 0 aliphatic carbocycles. The van der Waals surface area contributed by atoms with Crippen LogP contribution in [0.4, 0.5) is 11.4 Å². The van der Waals surface area contributed by atoms with E-state index in [1.54, 1.807) is 18.3 Å². The largest absolute Gasteiger partial charge is 0.369 e. The zero-order chi connectivity index (χ0) is 16.9. The van der Waals surface area contributed by atoms with Crippen LogP contribution in [0.1, 0.15) is 5.56 Å². The zero-order valence-corrected chi connectivity index (χ0v) is 14.5. The molecule has 5 nitrogen and oxygen atoms in total. The Kier molecular flexibility index (Phi) is 5.33. The molecule has 0 saturated carbocycles. The molecule has 1 aromatic heterocycles. The highest BCUT2D eigenvalue weighted by Gasteiger charge is 2.19. The lowest BCUT2D eigenvalue weighted by atomic mass is 10.2. The Bertz CT molecular complexity index is 696. The average Bonchev–Trinajstić information content (AvgIpc) is 2.58. The Hall–Kier alpha value is -2.11. The first kappa shape index (κ1) is 16.7. The van der Waals surface area contributed by atoms with E-state index in [0.717, 1.165) is 26.2 Å². The van der Waals surface area contributed by atoms with Crippen LogP contribution in [0.5, 0.6) is 0 Å². The van der Waals surface area contributed by atoms with Crippen molar-refractivity contribution in [3.05, 3.63) is 53.3 Å². The molecular weight excluding hydrogens is 324 g/mol. The Morgan fingerprint density at radius 3 is 2.54 bits per heavy atom. The lowest BCUT2D eigenvalue weighted by Gasteiger charge is -2.35. The third-order valence-corrected chi connectivity index (χ3v) is 4.47. The molecule has 1 fully saturated rings. The van der Waals surface area contributed by atoms with Crippen LogP contribution in [0.3, 0.4) is 0 Å². The van der Waals surface area contributed by atoms with Gasteiger partial charge in [0, 0.05) is 38.1 Å². The van der Waals surface area contributed by atoms with Crippen molar-refractivity contribution < 1.29 is 4.79 Å². The summed E-state index contributed by atoms with van der Waals surface area (Å²) in [4.78, 5) is 20.6. The number of rotatable bonds is 4. The summed E-state index contributed by atoms with van der Waals surface area (Å²) in [6, 6.07) is 12.1. The zero-order valence-electron chi connectivity index (χ0n) is 13.7. The first-order valence-electron chi connectivity index (χ1n) is 8.06. The van der Waals surface area contributed by atoms with Crippen molar-refractivity contribution in [2.45, 2.75) is 6.92 Å². The van der Waals surface area contributed by atoms with Crippen LogP contribution in [0.15, 0.2) is 42.6 Å². The minimum atomic E-state index is -0.0614. The highest BCUT2D eigenvalue weighted by molar-refractivity contribution is 6.32. The monoisotopic (exact) mass is 344 g/mol. The van der Waals surface area contributed by atoms with Crippen molar-refractivity contribution in [3.8, 4) is 0 Å². The lowest BCUT2D eigenvalue weighted by molar-refractivity contribution is -0.117. The van der Waals surface area contributed by atoms with Gasteiger partial charge in [-0.3, -0.25) is 9.69 Å². The molecule has 126 valence electrons. The molecule has 0 spiro atoms. The second kappa shape index (κ2) is 7.64. The van der Waals surface area contributed by atoms with Gasteiger partial charge in [0.05, 0.1) is 12.2 Å². The number of carbonyl (C=O) groups is 1. The maximum atomic E-state index is 12.2. The van der Waals surface area contributed by atoms with Gasteiger partial charge in [0.2, 0.25) is 5.91 Å². The van der Waals surface area contributed by atoms with Gasteiger partial charge in [-0.15, -0.1) is 0 Å². The number of halogens is 1. The quantitative estimate of drug-likeness (QED) is 0.866. The van der Waals surface area contributed by atoms with Crippen molar-refractivity contribution in [3.63, 3.8) is 0 Å². The van der Waals surface area contributed by atoms with E-state index in [1.807, 2.05) is 0 Å². The number of carbonyl (C=O) groups excluding carboxylic acids is 1. The smallest absolute Gasteiger partial charge is 0.238 e. The summed E-state index contributed by atoms with van der Waals surface area (Å²) in [6.07, 6.45) is 1.60. The molecule has 0 unspecified atom stereocenters. The second-order valence-corrected chi connectivity index (χ2v) is 6.35. The van der Waals surface area contributed by atoms with E-state index in [0.29, 0.717) is 17.4 Å². The summed E-state index contributed by atoms with van der Waals surface area (Å²) in [5.41, 5.74) is 3.07. The first-order valence-corrected chi connectivity index (χ1v) is 8.44. The maximum absolute atomic E-state index is 12.2. The van der Waals surface area contributed by atoms with E-state index in [2.05, 4.69) is 51.3 Å². The van der Waals surface area contributed by atoms with Gasteiger partial charge in [0.1, 0.15) is 0 Å². The van der Waals surface area contributed by atoms with Crippen molar-refractivity contribution in [2.24, 2.45) is 0 Å². The topological polar surface area (TPSA) is 48.5 Å². The van der Waals surface area contributed by atoms with Crippen LogP contribution in [0.2, 0.25) is 5.15 Å². The standard InChI is InChI=1S/C18H21ClN4O/c1-14-4-6-15(7-5-14)23-11-9-22(10-12-23)13-17(24)21-16-3-2-8-20-18(16)19/h2-8H,9-13H2,1H3,(H,21,24). The Morgan fingerprint density at radius 2 is 1.88 bits per heavy atom. The highest BCUT2D eigenvalue weighted by Crippen LogP contribution is 2.18. The SMILES string of the molecule is Cc1ccc(N2CCN(CC(=O)Nc3cccnc3Cl)CC2)cc1. The molecule has 24 heavy (non-hydrogen) atoms. The number of nitrogens with zero attached hydrogens (tertiary/aromatic N) is 3. The van der Waals surface area contributed by atoms with E-state index < -0.39 is 0 Å². The molecule has 1 amide bonds. The summed E-state index contributed by atoms with van der Waals surface area (Å²) in [7, 11) is 0. The number of benzene rings is 1. The fourth-order valence-corrected chi connectivity index (χ4v) is 2.96. The first-order chi connectivity index (χ1) is 11.6. The third-order valence-electron chi connectivity index (χ3n) is 4.17. The lowest BCUT2D eigenvalue weighted by Crippen LogP contribution is -2.48. The number of hydrogen-bond donors (Lipinski definition) is 1. The fourth-order valence-electron chi connectivity index (χ4n) is 2.79. The molecule has 0 bridgehead atoms. The molecule has 1 aliphatic rings. The number of aryl methyl sites for hydroxylation is 1. The number of amides is 1. The number of pyridine rings is 1. The number of aromatic nitrogens is 1. The molecule has 1 aromatic carbocycles. The number of anilines is 2. The highest BCUT2D eigenvalue weighted by atomic mass is 35.5. The normalized spacial score (nSPS) is 15.3. The van der Waals surface area contributed by atoms with Crippen molar-refractivity contribution in [1.29, 1.82) is 0 Å². The summed E-state index contributed by atoms with van der Waals surface area (Å²) >= 11 is 5.96. The van der Waals surface area contributed by atoms with Gasteiger partial charge in [0.15, 0.2) is 5.15 Å². The van der Waals surface area contributed by atoms with Crippen LogP contribution in [0, 0.1) is 6.92 Å². The molecule has 1 aliphatic heterocycles. The van der Waals surface area contributed by atoms with E-state index in [9.17, 15) is 4.79 Å². The molecule has 6 heteroatoms. The fraction of sp³-hybridized carbons (Fsp3) is 0.333.